The van der Waals surface area contributed by atoms with Crippen molar-refractivity contribution in [2.45, 2.75) is 32.8 Å². The molecule has 0 spiro atoms. The van der Waals surface area contributed by atoms with Crippen LogP contribution in [0.1, 0.15) is 43.1 Å². The van der Waals surface area contributed by atoms with Crippen LogP contribution in [0.5, 0.6) is 5.75 Å². The number of ketones is 1. The number of amides is 1. The minimum atomic E-state index is -0.504. The largest absolute Gasteiger partial charge is 0.492 e. The second-order valence-electron chi connectivity index (χ2n) is 6.06. The average molecular weight is 303 g/mol. The molecule has 0 aromatic heterocycles. The maximum atomic E-state index is 11.7. The van der Waals surface area contributed by atoms with Gasteiger partial charge in [0.25, 0.3) is 0 Å². The number of benzene rings is 1. The lowest BCUT2D eigenvalue weighted by atomic mass is 10.0. The zero-order valence-electron chi connectivity index (χ0n) is 13.1. The fourth-order valence-corrected chi connectivity index (χ4v) is 2.03. The molecule has 5 heteroatoms. The molecule has 0 saturated carbocycles. The molecule has 0 fully saturated rings. The van der Waals surface area contributed by atoms with Crippen molar-refractivity contribution < 1.29 is 19.1 Å². The van der Waals surface area contributed by atoms with Gasteiger partial charge in [-0.05, 0) is 38.5 Å². The summed E-state index contributed by atoms with van der Waals surface area (Å²) in [5.41, 5.74) is 1.05. The molecule has 1 aromatic carbocycles. The number of carbonyl (C=O) groups excluding carboxylic acids is 2. The molecule has 0 bridgehead atoms. The first-order chi connectivity index (χ1) is 10.3. The molecule has 5 nitrogen and oxygen atoms in total. The first kappa shape index (κ1) is 16.1. The Hall–Kier alpha value is -2.30. The van der Waals surface area contributed by atoms with Gasteiger partial charge < -0.3 is 14.8 Å². The van der Waals surface area contributed by atoms with Crippen LogP contribution < -0.4 is 10.1 Å². The summed E-state index contributed by atoms with van der Waals surface area (Å²) in [6, 6.07) is 5.46. The van der Waals surface area contributed by atoms with Crippen LogP contribution in [0.25, 0.3) is 6.08 Å². The van der Waals surface area contributed by atoms with Crippen molar-refractivity contribution in [2.24, 2.45) is 0 Å². The SMILES string of the molecule is CC(C)(C)OC(=O)NCC=Cc1ccc2c(c1)OCCC2=O. The van der Waals surface area contributed by atoms with Gasteiger partial charge in [0.15, 0.2) is 5.78 Å². The van der Waals surface area contributed by atoms with Crippen LogP contribution in [0.15, 0.2) is 24.3 Å². The van der Waals surface area contributed by atoms with Crippen molar-refractivity contribution in [2.75, 3.05) is 13.2 Å². The Morgan fingerprint density at radius 3 is 2.91 bits per heavy atom. The van der Waals surface area contributed by atoms with Crippen LogP contribution in [0.4, 0.5) is 4.79 Å². The molecule has 0 radical (unpaired) electrons. The Morgan fingerprint density at radius 2 is 2.18 bits per heavy atom. The van der Waals surface area contributed by atoms with Crippen molar-refractivity contribution >= 4 is 18.0 Å². The summed E-state index contributed by atoms with van der Waals surface area (Å²) in [5, 5.41) is 2.65. The smallest absolute Gasteiger partial charge is 0.407 e. The van der Waals surface area contributed by atoms with Gasteiger partial charge in [-0.3, -0.25) is 4.79 Å². The first-order valence-corrected chi connectivity index (χ1v) is 7.28. The monoisotopic (exact) mass is 303 g/mol. The number of alkyl carbamates (subject to hydrolysis) is 1. The molecule has 2 rings (SSSR count). The normalized spacial score (nSPS) is 14.4. The molecule has 1 amide bonds. The van der Waals surface area contributed by atoms with Crippen molar-refractivity contribution in [1.29, 1.82) is 0 Å². The number of Topliss-reactive ketones (excluding diaryl/α,β-unsaturated/α-hetero) is 1. The van der Waals surface area contributed by atoms with Gasteiger partial charge in [-0.25, -0.2) is 4.79 Å². The van der Waals surface area contributed by atoms with E-state index in [0.29, 0.717) is 30.9 Å². The number of nitrogens with one attached hydrogen (secondary N) is 1. The Balaban J connectivity index is 1.89. The molecule has 118 valence electrons. The average Bonchev–Trinajstić information content (AvgIpc) is 2.42. The number of hydrogen-bond acceptors (Lipinski definition) is 4. The van der Waals surface area contributed by atoms with Crippen LogP contribution in [-0.4, -0.2) is 30.6 Å². The Kier molecular flexibility index (Phi) is 4.85. The standard InChI is InChI=1S/C17H21NO4/c1-17(2,3)22-16(20)18-9-4-5-12-6-7-13-14(19)8-10-21-15(13)11-12/h4-7,11H,8-10H2,1-3H3,(H,18,20). The quantitative estimate of drug-likeness (QED) is 0.931. The molecule has 1 N–H and O–H groups in total. The van der Waals surface area contributed by atoms with E-state index in [-0.39, 0.29) is 5.78 Å². The lowest BCUT2D eigenvalue weighted by molar-refractivity contribution is 0.0534. The summed E-state index contributed by atoms with van der Waals surface area (Å²) >= 11 is 0. The summed E-state index contributed by atoms with van der Waals surface area (Å²) in [4.78, 5) is 23.2. The van der Waals surface area contributed by atoms with Crippen LogP contribution >= 0.6 is 0 Å². The second kappa shape index (κ2) is 6.64. The Morgan fingerprint density at radius 1 is 1.41 bits per heavy atom. The molecule has 22 heavy (non-hydrogen) atoms. The van der Waals surface area contributed by atoms with E-state index in [9.17, 15) is 9.59 Å². The minimum Gasteiger partial charge on any atom is -0.492 e. The van der Waals surface area contributed by atoms with Gasteiger partial charge in [0.1, 0.15) is 11.4 Å². The lowest BCUT2D eigenvalue weighted by Gasteiger charge is -2.19. The number of carbonyl (C=O) groups is 2. The predicted molar refractivity (Wildman–Crippen MR) is 84.2 cm³/mol. The predicted octanol–water partition coefficient (Wildman–Crippen LogP) is 3.19. The highest BCUT2D eigenvalue weighted by atomic mass is 16.6. The van der Waals surface area contributed by atoms with E-state index in [1.54, 1.807) is 6.07 Å². The third-order valence-corrected chi connectivity index (χ3v) is 2.97. The molecule has 1 aliphatic heterocycles. The lowest BCUT2D eigenvalue weighted by Crippen LogP contribution is -2.32. The van der Waals surface area contributed by atoms with Gasteiger partial charge in [0, 0.05) is 13.0 Å². The van der Waals surface area contributed by atoms with E-state index in [1.807, 2.05) is 45.1 Å². The van der Waals surface area contributed by atoms with Crippen molar-refractivity contribution in [3.63, 3.8) is 0 Å². The van der Waals surface area contributed by atoms with Crippen LogP contribution in [0.3, 0.4) is 0 Å². The fraction of sp³-hybridized carbons (Fsp3) is 0.412. The van der Waals surface area contributed by atoms with E-state index in [0.717, 1.165) is 5.56 Å². The molecular formula is C17H21NO4. The molecular weight excluding hydrogens is 282 g/mol. The van der Waals surface area contributed by atoms with Gasteiger partial charge in [0.05, 0.1) is 12.2 Å². The molecule has 0 unspecified atom stereocenters. The Labute approximate surface area is 130 Å². The minimum absolute atomic E-state index is 0.114. The Bertz CT molecular complexity index is 599. The van der Waals surface area contributed by atoms with Crippen LogP contribution in [0.2, 0.25) is 0 Å². The zero-order chi connectivity index (χ0) is 16.2. The highest BCUT2D eigenvalue weighted by molar-refractivity contribution is 5.99. The molecule has 0 atom stereocenters. The van der Waals surface area contributed by atoms with E-state index in [1.165, 1.54) is 0 Å². The number of fused-ring (bicyclic) bond motifs is 1. The van der Waals surface area contributed by atoms with Crippen LogP contribution in [0, 0.1) is 0 Å². The van der Waals surface area contributed by atoms with E-state index >= 15 is 0 Å². The third kappa shape index (κ3) is 4.62. The number of ether oxygens (including phenoxy) is 2. The molecule has 0 aliphatic carbocycles. The number of rotatable bonds is 3. The third-order valence-electron chi connectivity index (χ3n) is 2.97. The van der Waals surface area contributed by atoms with Crippen molar-refractivity contribution in [3.8, 4) is 5.75 Å². The molecule has 1 aliphatic rings. The highest BCUT2D eigenvalue weighted by Gasteiger charge is 2.18. The van der Waals surface area contributed by atoms with E-state index < -0.39 is 11.7 Å². The molecule has 1 aromatic rings. The van der Waals surface area contributed by atoms with E-state index in [4.69, 9.17) is 9.47 Å². The van der Waals surface area contributed by atoms with Gasteiger partial charge in [-0.2, -0.15) is 0 Å². The first-order valence-electron chi connectivity index (χ1n) is 7.28. The van der Waals surface area contributed by atoms with Crippen molar-refractivity contribution in [1.82, 2.24) is 5.32 Å². The highest BCUT2D eigenvalue weighted by Crippen LogP contribution is 2.26. The summed E-state index contributed by atoms with van der Waals surface area (Å²) in [6.07, 6.45) is 3.66. The fourth-order valence-electron chi connectivity index (χ4n) is 2.03. The van der Waals surface area contributed by atoms with Crippen molar-refractivity contribution in [3.05, 3.63) is 35.4 Å². The van der Waals surface area contributed by atoms with Crippen LogP contribution in [-0.2, 0) is 4.74 Å². The summed E-state index contributed by atoms with van der Waals surface area (Å²) in [6.45, 7) is 6.25. The summed E-state index contributed by atoms with van der Waals surface area (Å²) in [5.74, 6) is 0.738. The topological polar surface area (TPSA) is 64.6 Å². The zero-order valence-corrected chi connectivity index (χ0v) is 13.1. The van der Waals surface area contributed by atoms with E-state index in [2.05, 4.69) is 5.32 Å². The molecule has 0 saturated heterocycles. The van der Waals surface area contributed by atoms with Gasteiger partial charge in [-0.15, -0.1) is 0 Å². The van der Waals surface area contributed by atoms with Gasteiger partial charge in [0.2, 0.25) is 0 Å². The molecule has 1 heterocycles. The maximum Gasteiger partial charge on any atom is 0.407 e. The number of hydrogen-bond donors (Lipinski definition) is 1. The maximum absolute atomic E-state index is 11.7. The van der Waals surface area contributed by atoms with Gasteiger partial charge in [-0.1, -0.05) is 18.2 Å². The summed E-state index contributed by atoms with van der Waals surface area (Å²) in [7, 11) is 0. The second-order valence-corrected chi connectivity index (χ2v) is 6.06. The summed E-state index contributed by atoms with van der Waals surface area (Å²) < 4.78 is 10.6. The van der Waals surface area contributed by atoms with Gasteiger partial charge >= 0.3 is 6.09 Å².